The molecule has 25 heavy (non-hydrogen) atoms. The number of rotatable bonds is 5. The second-order valence-corrected chi connectivity index (χ2v) is 6.62. The molecule has 1 aromatic heterocycles. The van der Waals surface area contributed by atoms with Gasteiger partial charge in [0.2, 0.25) is 5.91 Å². The number of hydrogen-bond donors (Lipinski definition) is 3. The van der Waals surface area contributed by atoms with Crippen LogP contribution in [0.5, 0.6) is 0 Å². The zero-order valence-electron chi connectivity index (χ0n) is 14.5. The standard InChI is InChI=1S/C17H22N6O2/c1-10(2)6-14(16-18-9-19-23(16)3)22-17(25)20-12-4-5-13-11(7-12)8-15(24)21-13/h4-5,7,9-10,14H,6,8H2,1-3H3,(H,21,24)(H2,20,22,25)/t14-/m0/s1. The van der Waals surface area contributed by atoms with Crippen molar-refractivity contribution in [3.63, 3.8) is 0 Å². The SMILES string of the molecule is CC(C)C[C@H](NC(=O)Nc1ccc2c(c1)CC(=O)N2)c1ncnn1C. The van der Waals surface area contributed by atoms with Crippen LogP contribution in [0, 0.1) is 5.92 Å². The Hall–Kier alpha value is -2.90. The molecular formula is C17H22N6O2. The highest BCUT2D eigenvalue weighted by Gasteiger charge is 2.21. The first-order valence-corrected chi connectivity index (χ1v) is 8.26. The fourth-order valence-electron chi connectivity index (χ4n) is 2.95. The van der Waals surface area contributed by atoms with E-state index in [1.54, 1.807) is 23.9 Å². The summed E-state index contributed by atoms with van der Waals surface area (Å²) < 4.78 is 1.67. The molecule has 0 saturated heterocycles. The summed E-state index contributed by atoms with van der Waals surface area (Å²) in [5, 5.41) is 12.6. The van der Waals surface area contributed by atoms with Gasteiger partial charge in [0, 0.05) is 18.4 Å². The van der Waals surface area contributed by atoms with E-state index >= 15 is 0 Å². The first kappa shape index (κ1) is 16.9. The number of carbonyl (C=O) groups excluding carboxylic acids is 2. The number of nitrogens with one attached hydrogen (secondary N) is 3. The van der Waals surface area contributed by atoms with Gasteiger partial charge in [-0.3, -0.25) is 9.48 Å². The topological polar surface area (TPSA) is 101 Å². The summed E-state index contributed by atoms with van der Waals surface area (Å²) in [7, 11) is 1.81. The van der Waals surface area contributed by atoms with E-state index in [0.29, 0.717) is 23.9 Å². The van der Waals surface area contributed by atoms with Crippen molar-refractivity contribution in [1.82, 2.24) is 20.1 Å². The maximum Gasteiger partial charge on any atom is 0.319 e. The fourth-order valence-corrected chi connectivity index (χ4v) is 2.95. The van der Waals surface area contributed by atoms with E-state index in [2.05, 4.69) is 39.9 Å². The Bertz CT molecular complexity index is 798. The summed E-state index contributed by atoms with van der Waals surface area (Å²) in [5.41, 5.74) is 2.33. The van der Waals surface area contributed by atoms with Crippen molar-refractivity contribution in [1.29, 1.82) is 0 Å². The van der Waals surface area contributed by atoms with Crippen LogP contribution in [0.2, 0.25) is 0 Å². The molecule has 1 aromatic carbocycles. The van der Waals surface area contributed by atoms with Crippen molar-refractivity contribution in [3.05, 3.63) is 35.9 Å². The zero-order valence-corrected chi connectivity index (χ0v) is 14.5. The molecule has 1 aliphatic rings. The Kier molecular flexibility index (Phi) is 4.69. The van der Waals surface area contributed by atoms with Crippen LogP contribution in [0.15, 0.2) is 24.5 Å². The normalized spacial score (nSPS) is 14.2. The highest BCUT2D eigenvalue weighted by atomic mass is 16.2. The van der Waals surface area contributed by atoms with Crippen LogP contribution in [-0.4, -0.2) is 26.7 Å². The van der Waals surface area contributed by atoms with Crippen molar-refractivity contribution in [2.75, 3.05) is 10.6 Å². The van der Waals surface area contributed by atoms with Crippen LogP contribution in [0.1, 0.15) is 37.7 Å². The Morgan fingerprint density at radius 1 is 1.40 bits per heavy atom. The summed E-state index contributed by atoms with van der Waals surface area (Å²) in [6, 6.07) is 4.83. The minimum atomic E-state index is -0.314. The molecule has 3 amide bonds. The second kappa shape index (κ2) is 6.92. The molecule has 0 radical (unpaired) electrons. The molecule has 2 aromatic rings. The Morgan fingerprint density at radius 3 is 2.88 bits per heavy atom. The number of aromatic nitrogens is 3. The predicted molar refractivity (Wildman–Crippen MR) is 94.1 cm³/mol. The summed E-state index contributed by atoms with van der Waals surface area (Å²) in [4.78, 5) is 28.1. The summed E-state index contributed by atoms with van der Waals surface area (Å²) >= 11 is 0. The van der Waals surface area contributed by atoms with E-state index in [-0.39, 0.29) is 18.0 Å². The van der Waals surface area contributed by atoms with Gasteiger partial charge in [-0.1, -0.05) is 13.8 Å². The maximum absolute atomic E-state index is 12.4. The van der Waals surface area contributed by atoms with E-state index in [1.165, 1.54) is 6.33 Å². The molecule has 3 rings (SSSR count). The van der Waals surface area contributed by atoms with Crippen LogP contribution in [0.3, 0.4) is 0 Å². The largest absolute Gasteiger partial charge is 0.328 e. The van der Waals surface area contributed by atoms with Crippen molar-refractivity contribution in [2.24, 2.45) is 13.0 Å². The lowest BCUT2D eigenvalue weighted by molar-refractivity contribution is -0.115. The fraction of sp³-hybridized carbons (Fsp3) is 0.412. The monoisotopic (exact) mass is 342 g/mol. The van der Waals surface area contributed by atoms with E-state index in [1.807, 2.05) is 6.07 Å². The molecule has 132 valence electrons. The van der Waals surface area contributed by atoms with E-state index in [9.17, 15) is 9.59 Å². The van der Waals surface area contributed by atoms with E-state index < -0.39 is 0 Å². The molecule has 0 unspecified atom stereocenters. The highest BCUT2D eigenvalue weighted by Crippen LogP contribution is 2.26. The first-order valence-electron chi connectivity index (χ1n) is 8.26. The van der Waals surface area contributed by atoms with Crippen LogP contribution in [-0.2, 0) is 18.3 Å². The lowest BCUT2D eigenvalue weighted by Gasteiger charge is -2.20. The molecule has 1 aliphatic heterocycles. The number of amides is 3. The number of anilines is 2. The number of aryl methyl sites for hydroxylation is 1. The van der Waals surface area contributed by atoms with Crippen LogP contribution >= 0.6 is 0 Å². The van der Waals surface area contributed by atoms with Gasteiger partial charge in [0.05, 0.1) is 12.5 Å². The molecule has 0 aliphatic carbocycles. The smallest absolute Gasteiger partial charge is 0.319 e. The highest BCUT2D eigenvalue weighted by molar-refractivity contribution is 6.00. The predicted octanol–water partition coefficient (Wildman–Crippen LogP) is 2.22. The third-order valence-electron chi connectivity index (χ3n) is 4.06. The minimum absolute atomic E-state index is 0.0316. The summed E-state index contributed by atoms with van der Waals surface area (Å²) in [6.07, 6.45) is 2.57. The van der Waals surface area contributed by atoms with Crippen LogP contribution < -0.4 is 16.0 Å². The Balaban J connectivity index is 1.69. The van der Waals surface area contributed by atoms with Gasteiger partial charge in [-0.05, 0) is 36.1 Å². The number of benzene rings is 1. The molecule has 3 N–H and O–H groups in total. The van der Waals surface area contributed by atoms with Gasteiger partial charge in [-0.15, -0.1) is 0 Å². The van der Waals surface area contributed by atoms with Gasteiger partial charge in [0.15, 0.2) is 0 Å². The van der Waals surface area contributed by atoms with Crippen molar-refractivity contribution in [2.45, 2.75) is 32.7 Å². The molecule has 0 bridgehead atoms. The number of hydrogen-bond acceptors (Lipinski definition) is 4. The average Bonchev–Trinajstić information content (AvgIpc) is 3.10. The summed E-state index contributed by atoms with van der Waals surface area (Å²) in [5.74, 6) is 1.07. The zero-order chi connectivity index (χ0) is 18.0. The van der Waals surface area contributed by atoms with Gasteiger partial charge in [-0.25, -0.2) is 9.78 Å². The van der Waals surface area contributed by atoms with Gasteiger partial charge in [0.25, 0.3) is 0 Å². The number of carbonyl (C=O) groups is 2. The maximum atomic E-state index is 12.4. The van der Waals surface area contributed by atoms with Gasteiger partial charge < -0.3 is 16.0 Å². The van der Waals surface area contributed by atoms with Crippen molar-refractivity contribution in [3.8, 4) is 0 Å². The number of nitrogens with zero attached hydrogens (tertiary/aromatic N) is 3. The van der Waals surface area contributed by atoms with Crippen molar-refractivity contribution < 1.29 is 9.59 Å². The summed E-state index contributed by atoms with van der Waals surface area (Å²) in [6.45, 7) is 4.18. The lowest BCUT2D eigenvalue weighted by Crippen LogP contribution is -2.34. The number of urea groups is 1. The average molecular weight is 342 g/mol. The van der Waals surface area contributed by atoms with Crippen LogP contribution in [0.4, 0.5) is 16.2 Å². The third-order valence-corrected chi connectivity index (χ3v) is 4.06. The van der Waals surface area contributed by atoms with Gasteiger partial charge >= 0.3 is 6.03 Å². The van der Waals surface area contributed by atoms with E-state index in [4.69, 9.17) is 0 Å². The third kappa shape index (κ3) is 3.96. The second-order valence-electron chi connectivity index (χ2n) is 6.62. The van der Waals surface area contributed by atoms with Gasteiger partial charge in [-0.2, -0.15) is 5.10 Å². The lowest BCUT2D eigenvalue weighted by atomic mass is 10.0. The van der Waals surface area contributed by atoms with Crippen molar-refractivity contribution >= 4 is 23.3 Å². The quantitative estimate of drug-likeness (QED) is 0.775. The Morgan fingerprint density at radius 2 is 2.20 bits per heavy atom. The van der Waals surface area contributed by atoms with Gasteiger partial charge in [0.1, 0.15) is 12.2 Å². The molecule has 1 atom stereocenters. The van der Waals surface area contributed by atoms with E-state index in [0.717, 1.165) is 17.7 Å². The molecule has 2 heterocycles. The molecule has 0 saturated carbocycles. The Labute approximate surface area is 146 Å². The molecule has 0 spiro atoms. The van der Waals surface area contributed by atoms with Crippen LogP contribution in [0.25, 0.3) is 0 Å². The molecule has 0 fully saturated rings. The minimum Gasteiger partial charge on any atom is -0.328 e. The first-order chi connectivity index (χ1) is 11.9. The molecule has 8 heteroatoms. The molecular weight excluding hydrogens is 320 g/mol. The molecule has 8 nitrogen and oxygen atoms in total. The number of fused-ring (bicyclic) bond motifs is 1.